The molecular formula is C9H9BrN4. The van der Waals surface area contributed by atoms with Gasteiger partial charge in [-0.05, 0) is 25.1 Å². The third-order valence-electron chi connectivity index (χ3n) is 1.85. The first kappa shape index (κ1) is 9.21. The second-order valence-corrected chi connectivity index (χ2v) is 3.89. The quantitative estimate of drug-likeness (QED) is 0.765. The van der Waals surface area contributed by atoms with Crippen molar-refractivity contribution in [3.05, 3.63) is 28.5 Å². The number of aromatic nitrogens is 3. The highest BCUT2D eigenvalue weighted by Gasteiger charge is 2.07. The number of H-pyrrole nitrogens is 1. The molecule has 0 atom stereocenters. The predicted octanol–water partition coefficient (Wildman–Crippen LogP) is 2.12. The van der Waals surface area contributed by atoms with Crippen LogP contribution in [0.5, 0.6) is 0 Å². The van der Waals surface area contributed by atoms with Crippen molar-refractivity contribution in [1.29, 1.82) is 0 Å². The van der Waals surface area contributed by atoms with Crippen LogP contribution in [0, 0.1) is 6.92 Å². The van der Waals surface area contributed by atoms with E-state index in [1.807, 2.05) is 25.1 Å². The Morgan fingerprint density at radius 1 is 1.43 bits per heavy atom. The van der Waals surface area contributed by atoms with Gasteiger partial charge in [-0.15, -0.1) is 0 Å². The minimum Gasteiger partial charge on any atom is -0.398 e. The molecule has 0 amide bonds. The lowest BCUT2D eigenvalue weighted by molar-refractivity contribution is 1.04. The monoisotopic (exact) mass is 252 g/mol. The van der Waals surface area contributed by atoms with Crippen molar-refractivity contribution in [2.45, 2.75) is 6.92 Å². The molecule has 0 spiro atoms. The van der Waals surface area contributed by atoms with Crippen molar-refractivity contribution in [1.82, 2.24) is 15.2 Å². The molecule has 0 bridgehead atoms. The SMILES string of the molecule is Cc1nc(-c2ccc(Br)cc2N)n[nH]1. The molecule has 14 heavy (non-hydrogen) atoms. The zero-order valence-corrected chi connectivity index (χ0v) is 9.17. The lowest BCUT2D eigenvalue weighted by Gasteiger charge is -2.00. The maximum absolute atomic E-state index is 5.84. The smallest absolute Gasteiger partial charge is 0.183 e. The Kier molecular flexibility index (Phi) is 2.25. The maximum Gasteiger partial charge on any atom is 0.183 e. The molecule has 0 fully saturated rings. The van der Waals surface area contributed by atoms with Crippen LogP contribution in [0.3, 0.4) is 0 Å². The van der Waals surface area contributed by atoms with Gasteiger partial charge < -0.3 is 5.73 Å². The van der Waals surface area contributed by atoms with Crippen LogP contribution in [-0.2, 0) is 0 Å². The average Bonchev–Trinajstić information content (AvgIpc) is 2.51. The van der Waals surface area contributed by atoms with Gasteiger partial charge in [-0.3, -0.25) is 5.10 Å². The van der Waals surface area contributed by atoms with Crippen LogP contribution in [-0.4, -0.2) is 15.2 Å². The zero-order chi connectivity index (χ0) is 10.1. The number of nitrogens with zero attached hydrogens (tertiary/aromatic N) is 2. The van der Waals surface area contributed by atoms with Crippen LogP contribution in [0.15, 0.2) is 22.7 Å². The molecule has 0 saturated heterocycles. The third kappa shape index (κ3) is 1.63. The number of rotatable bonds is 1. The first-order chi connectivity index (χ1) is 6.66. The van der Waals surface area contributed by atoms with Gasteiger partial charge in [0.1, 0.15) is 5.82 Å². The topological polar surface area (TPSA) is 67.6 Å². The Balaban J connectivity index is 2.52. The van der Waals surface area contributed by atoms with Crippen LogP contribution < -0.4 is 5.73 Å². The molecule has 0 radical (unpaired) electrons. The van der Waals surface area contributed by atoms with Gasteiger partial charge in [0, 0.05) is 15.7 Å². The van der Waals surface area contributed by atoms with Gasteiger partial charge in [0.05, 0.1) is 0 Å². The number of anilines is 1. The van der Waals surface area contributed by atoms with E-state index in [2.05, 4.69) is 31.1 Å². The molecule has 0 saturated carbocycles. The van der Waals surface area contributed by atoms with E-state index in [0.717, 1.165) is 15.9 Å². The Morgan fingerprint density at radius 3 is 2.79 bits per heavy atom. The summed E-state index contributed by atoms with van der Waals surface area (Å²) in [5, 5.41) is 6.83. The van der Waals surface area contributed by atoms with E-state index in [1.165, 1.54) is 0 Å². The lowest BCUT2D eigenvalue weighted by Crippen LogP contribution is -1.91. The first-order valence-corrected chi connectivity index (χ1v) is 4.90. The van der Waals surface area contributed by atoms with Crippen molar-refractivity contribution in [2.24, 2.45) is 0 Å². The summed E-state index contributed by atoms with van der Waals surface area (Å²) in [6.45, 7) is 1.85. The fraction of sp³-hybridized carbons (Fsp3) is 0.111. The van der Waals surface area contributed by atoms with Gasteiger partial charge in [0.25, 0.3) is 0 Å². The van der Waals surface area contributed by atoms with Crippen LogP contribution in [0.25, 0.3) is 11.4 Å². The van der Waals surface area contributed by atoms with E-state index >= 15 is 0 Å². The summed E-state index contributed by atoms with van der Waals surface area (Å²) in [6.07, 6.45) is 0. The largest absolute Gasteiger partial charge is 0.398 e. The van der Waals surface area contributed by atoms with Gasteiger partial charge >= 0.3 is 0 Å². The normalized spacial score (nSPS) is 10.4. The fourth-order valence-electron chi connectivity index (χ4n) is 1.20. The zero-order valence-electron chi connectivity index (χ0n) is 7.58. The number of nitrogens with one attached hydrogen (secondary N) is 1. The molecule has 1 heterocycles. The highest BCUT2D eigenvalue weighted by Crippen LogP contribution is 2.25. The maximum atomic E-state index is 5.84. The summed E-state index contributed by atoms with van der Waals surface area (Å²) in [4.78, 5) is 4.21. The molecule has 5 heteroatoms. The number of nitrogens with two attached hydrogens (primary N) is 1. The first-order valence-electron chi connectivity index (χ1n) is 4.11. The molecular weight excluding hydrogens is 244 g/mol. The van der Waals surface area contributed by atoms with Crippen LogP contribution >= 0.6 is 15.9 Å². The van der Waals surface area contributed by atoms with Crippen molar-refractivity contribution in [3.63, 3.8) is 0 Å². The van der Waals surface area contributed by atoms with Gasteiger partial charge in [-0.1, -0.05) is 15.9 Å². The average molecular weight is 253 g/mol. The van der Waals surface area contributed by atoms with E-state index in [9.17, 15) is 0 Å². The molecule has 0 aliphatic carbocycles. The minimum absolute atomic E-state index is 0.632. The molecule has 2 aromatic rings. The van der Waals surface area contributed by atoms with Gasteiger partial charge in [0.15, 0.2) is 5.82 Å². The highest BCUT2D eigenvalue weighted by atomic mass is 79.9. The number of nitrogen functional groups attached to an aromatic ring is 1. The van der Waals surface area contributed by atoms with Gasteiger partial charge in [-0.2, -0.15) is 5.10 Å². The number of benzene rings is 1. The molecule has 1 aromatic heterocycles. The predicted molar refractivity (Wildman–Crippen MR) is 58.7 cm³/mol. The standard InChI is InChI=1S/C9H9BrN4/c1-5-12-9(14-13-5)7-3-2-6(10)4-8(7)11/h2-4H,11H2,1H3,(H,12,13,14). The summed E-state index contributed by atoms with van der Waals surface area (Å²) >= 11 is 3.35. The summed E-state index contributed by atoms with van der Waals surface area (Å²) in [7, 11) is 0. The van der Waals surface area contributed by atoms with E-state index in [0.29, 0.717) is 11.5 Å². The Bertz CT molecular complexity index is 464. The van der Waals surface area contributed by atoms with Crippen LogP contribution in [0.2, 0.25) is 0 Å². The van der Waals surface area contributed by atoms with Crippen molar-refractivity contribution in [3.8, 4) is 11.4 Å². The van der Waals surface area contributed by atoms with Crippen LogP contribution in [0.4, 0.5) is 5.69 Å². The van der Waals surface area contributed by atoms with Crippen molar-refractivity contribution < 1.29 is 0 Å². The molecule has 0 unspecified atom stereocenters. The minimum atomic E-state index is 0.632. The molecule has 0 aliphatic rings. The highest BCUT2D eigenvalue weighted by molar-refractivity contribution is 9.10. The molecule has 4 nitrogen and oxygen atoms in total. The lowest BCUT2D eigenvalue weighted by atomic mass is 10.2. The van der Waals surface area contributed by atoms with Gasteiger partial charge in [-0.25, -0.2) is 4.98 Å². The van der Waals surface area contributed by atoms with E-state index in [4.69, 9.17) is 5.73 Å². The number of aromatic amines is 1. The van der Waals surface area contributed by atoms with Crippen molar-refractivity contribution in [2.75, 3.05) is 5.73 Å². The molecule has 72 valence electrons. The van der Waals surface area contributed by atoms with E-state index < -0.39 is 0 Å². The number of hydrogen-bond donors (Lipinski definition) is 2. The second kappa shape index (κ2) is 3.42. The number of aryl methyl sites for hydroxylation is 1. The molecule has 3 N–H and O–H groups in total. The third-order valence-corrected chi connectivity index (χ3v) is 2.34. The number of hydrogen-bond acceptors (Lipinski definition) is 3. The number of halogens is 1. The van der Waals surface area contributed by atoms with E-state index in [-0.39, 0.29) is 0 Å². The molecule has 2 rings (SSSR count). The van der Waals surface area contributed by atoms with Crippen LogP contribution in [0.1, 0.15) is 5.82 Å². The molecule has 0 aliphatic heterocycles. The van der Waals surface area contributed by atoms with Gasteiger partial charge in [0.2, 0.25) is 0 Å². The summed E-state index contributed by atoms with van der Waals surface area (Å²) in [5.74, 6) is 1.41. The van der Waals surface area contributed by atoms with Crippen molar-refractivity contribution >= 4 is 21.6 Å². The summed E-state index contributed by atoms with van der Waals surface area (Å²) in [6, 6.07) is 5.64. The summed E-state index contributed by atoms with van der Waals surface area (Å²) < 4.78 is 0.950. The van der Waals surface area contributed by atoms with E-state index in [1.54, 1.807) is 0 Å². The Labute approximate surface area is 89.7 Å². The Hall–Kier alpha value is -1.36. The Morgan fingerprint density at radius 2 is 2.21 bits per heavy atom. The second-order valence-electron chi connectivity index (χ2n) is 2.98. The fourth-order valence-corrected chi connectivity index (χ4v) is 1.58. The molecule has 1 aromatic carbocycles. The summed E-state index contributed by atoms with van der Waals surface area (Å²) in [5.41, 5.74) is 7.35.